The summed E-state index contributed by atoms with van der Waals surface area (Å²) in [4.78, 5) is 16.9. The number of hydrogen-bond donors (Lipinski definition) is 1. The van der Waals surface area contributed by atoms with Gasteiger partial charge in [0.05, 0.1) is 28.9 Å². The zero-order chi connectivity index (χ0) is 18.0. The molecular weight excluding hydrogens is 332 g/mol. The molecule has 0 spiro atoms. The van der Waals surface area contributed by atoms with Crippen molar-refractivity contribution in [3.8, 4) is 11.1 Å². The number of amides is 1. The van der Waals surface area contributed by atoms with Crippen LogP contribution in [0.15, 0.2) is 41.9 Å². The van der Waals surface area contributed by atoms with Gasteiger partial charge in [0.15, 0.2) is 0 Å². The zero-order valence-electron chi connectivity index (χ0n) is 14.9. The molecule has 0 unspecified atom stereocenters. The van der Waals surface area contributed by atoms with Crippen LogP contribution in [-0.4, -0.2) is 20.7 Å². The molecule has 3 aromatic rings. The molecular formula is C19H22N4OS. The van der Waals surface area contributed by atoms with Crippen molar-refractivity contribution >= 4 is 23.1 Å². The van der Waals surface area contributed by atoms with E-state index < -0.39 is 0 Å². The van der Waals surface area contributed by atoms with Crippen molar-refractivity contribution in [3.05, 3.63) is 52.6 Å². The lowest BCUT2D eigenvalue weighted by atomic mass is 10.1. The van der Waals surface area contributed by atoms with E-state index in [1.807, 2.05) is 53.5 Å². The third kappa shape index (κ3) is 3.96. The number of aromatic nitrogens is 3. The molecule has 2 aromatic heterocycles. The molecule has 0 saturated heterocycles. The Labute approximate surface area is 151 Å². The number of benzene rings is 1. The molecule has 0 atom stereocenters. The summed E-state index contributed by atoms with van der Waals surface area (Å²) < 4.78 is 1.86. The maximum atomic E-state index is 12.6. The first-order valence-electron chi connectivity index (χ1n) is 8.19. The average Bonchev–Trinajstić information content (AvgIpc) is 3.14. The molecule has 2 heterocycles. The Morgan fingerprint density at radius 2 is 1.96 bits per heavy atom. The first-order chi connectivity index (χ1) is 11.8. The van der Waals surface area contributed by atoms with Gasteiger partial charge >= 0.3 is 0 Å². The van der Waals surface area contributed by atoms with Crippen LogP contribution in [0.1, 0.15) is 31.5 Å². The number of aryl methyl sites for hydroxylation is 1. The fourth-order valence-corrected chi connectivity index (χ4v) is 3.25. The van der Waals surface area contributed by atoms with Crippen molar-refractivity contribution < 1.29 is 4.79 Å². The van der Waals surface area contributed by atoms with Crippen LogP contribution in [0.3, 0.4) is 0 Å². The highest BCUT2D eigenvalue weighted by molar-refractivity contribution is 7.09. The maximum absolute atomic E-state index is 12.6. The second-order valence-electron chi connectivity index (χ2n) is 6.94. The Bertz CT molecular complexity index is 874. The van der Waals surface area contributed by atoms with E-state index >= 15 is 0 Å². The molecule has 0 bridgehead atoms. The summed E-state index contributed by atoms with van der Waals surface area (Å²) in [5.41, 5.74) is 2.49. The van der Waals surface area contributed by atoms with E-state index in [-0.39, 0.29) is 17.9 Å². The third-order valence-corrected chi connectivity index (χ3v) is 4.58. The highest BCUT2D eigenvalue weighted by Crippen LogP contribution is 2.31. The lowest BCUT2D eigenvalue weighted by Gasteiger charge is -2.23. The summed E-state index contributed by atoms with van der Waals surface area (Å²) in [5.74, 6) is 0.629. The highest BCUT2D eigenvalue weighted by atomic mass is 32.1. The quantitative estimate of drug-likeness (QED) is 0.762. The van der Waals surface area contributed by atoms with Crippen LogP contribution in [0.2, 0.25) is 0 Å². The van der Waals surface area contributed by atoms with Gasteiger partial charge < -0.3 is 5.32 Å². The Morgan fingerprint density at radius 3 is 2.56 bits per heavy atom. The van der Waals surface area contributed by atoms with Gasteiger partial charge in [-0.25, -0.2) is 9.67 Å². The minimum absolute atomic E-state index is 0.0894. The standard InChI is InChI=1S/C19H22N4OS/c1-13-21-15(12-25-13)10-17(24)22-18-16(14-8-6-5-7-9-14)11-20-23(18)19(2,3)4/h5-9,11-12H,10H2,1-4H3,(H,22,24). The number of carbonyl (C=O) groups is 1. The van der Waals surface area contributed by atoms with E-state index in [1.165, 1.54) is 0 Å². The van der Waals surface area contributed by atoms with Crippen LogP contribution in [0.4, 0.5) is 5.82 Å². The molecule has 130 valence electrons. The van der Waals surface area contributed by atoms with Crippen molar-refractivity contribution in [1.82, 2.24) is 14.8 Å². The van der Waals surface area contributed by atoms with Gasteiger partial charge in [-0.15, -0.1) is 11.3 Å². The summed E-state index contributed by atoms with van der Waals surface area (Å²) in [6, 6.07) is 9.97. The predicted octanol–water partition coefficient (Wildman–Crippen LogP) is 4.25. The number of anilines is 1. The molecule has 0 aliphatic carbocycles. The smallest absolute Gasteiger partial charge is 0.231 e. The van der Waals surface area contributed by atoms with Crippen molar-refractivity contribution in [2.75, 3.05) is 5.32 Å². The highest BCUT2D eigenvalue weighted by Gasteiger charge is 2.23. The molecule has 3 rings (SSSR count). The minimum Gasteiger partial charge on any atom is -0.310 e. The molecule has 5 nitrogen and oxygen atoms in total. The van der Waals surface area contributed by atoms with E-state index in [1.54, 1.807) is 11.3 Å². The summed E-state index contributed by atoms with van der Waals surface area (Å²) in [7, 11) is 0. The van der Waals surface area contributed by atoms with Gasteiger partial charge in [-0.2, -0.15) is 5.10 Å². The molecule has 1 N–H and O–H groups in total. The van der Waals surface area contributed by atoms with E-state index in [9.17, 15) is 4.79 Å². The Hall–Kier alpha value is -2.47. The fraction of sp³-hybridized carbons (Fsp3) is 0.316. The molecule has 25 heavy (non-hydrogen) atoms. The Kier molecular flexibility index (Phi) is 4.72. The molecule has 1 aromatic carbocycles. The zero-order valence-corrected chi connectivity index (χ0v) is 15.7. The van der Waals surface area contributed by atoms with Crippen molar-refractivity contribution in [2.24, 2.45) is 0 Å². The van der Waals surface area contributed by atoms with E-state index in [0.29, 0.717) is 0 Å². The molecule has 0 fully saturated rings. The average molecular weight is 354 g/mol. The van der Waals surface area contributed by atoms with E-state index in [4.69, 9.17) is 0 Å². The molecule has 0 saturated carbocycles. The predicted molar refractivity (Wildman–Crippen MR) is 102 cm³/mol. The van der Waals surface area contributed by atoms with Crippen LogP contribution >= 0.6 is 11.3 Å². The van der Waals surface area contributed by atoms with Crippen molar-refractivity contribution in [2.45, 2.75) is 39.7 Å². The monoisotopic (exact) mass is 354 g/mol. The largest absolute Gasteiger partial charge is 0.310 e. The number of rotatable bonds is 4. The second-order valence-corrected chi connectivity index (χ2v) is 8.00. The normalized spacial score (nSPS) is 11.5. The fourth-order valence-electron chi connectivity index (χ4n) is 2.64. The second kappa shape index (κ2) is 6.80. The van der Waals surface area contributed by atoms with Gasteiger partial charge in [-0.05, 0) is 33.3 Å². The number of carbonyl (C=O) groups excluding carboxylic acids is 1. The Morgan fingerprint density at radius 1 is 1.24 bits per heavy atom. The summed E-state index contributed by atoms with van der Waals surface area (Å²) in [5, 5.41) is 10.5. The first-order valence-corrected chi connectivity index (χ1v) is 9.07. The topological polar surface area (TPSA) is 59.8 Å². The van der Waals surface area contributed by atoms with Gasteiger partial charge in [0.1, 0.15) is 5.82 Å². The van der Waals surface area contributed by atoms with Crippen LogP contribution in [-0.2, 0) is 16.8 Å². The van der Waals surface area contributed by atoms with Gasteiger partial charge in [-0.3, -0.25) is 4.79 Å². The van der Waals surface area contributed by atoms with E-state index in [0.717, 1.165) is 27.6 Å². The molecule has 0 radical (unpaired) electrons. The first kappa shape index (κ1) is 17.4. The molecule has 0 aliphatic rings. The maximum Gasteiger partial charge on any atom is 0.231 e. The number of thiazole rings is 1. The van der Waals surface area contributed by atoms with Crippen LogP contribution in [0, 0.1) is 6.92 Å². The molecule has 1 amide bonds. The minimum atomic E-state index is -0.243. The molecule has 6 heteroatoms. The lowest BCUT2D eigenvalue weighted by Crippen LogP contribution is -2.27. The van der Waals surface area contributed by atoms with Gasteiger partial charge in [0.25, 0.3) is 0 Å². The van der Waals surface area contributed by atoms with Crippen molar-refractivity contribution in [1.29, 1.82) is 0 Å². The van der Waals surface area contributed by atoms with Gasteiger partial charge in [-0.1, -0.05) is 30.3 Å². The summed E-state index contributed by atoms with van der Waals surface area (Å²) in [6.45, 7) is 8.13. The van der Waals surface area contributed by atoms with E-state index in [2.05, 4.69) is 36.2 Å². The number of hydrogen-bond acceptors (Lipinski definition) is 4. The Balaban J connectivity index is 1.92. The summed E-state index contributed by atoms with van der Waals surface area (Å²) >= 11 is 1.55. The lowest BCUT2D eigenvalue weighted by molar-refractivity contribution is -0.115. The van der Waals surface area contributed by atoms with Gasteiger partial charge in [0, 0.05) is 10.9 Å². The van der Waals surface area contributed by atoms with Crippen molar-refractivity contribution in [3.63, 3.8) is 0 Å². The summed E-state index contributed by atoms with van der Waals surface area (Å²) in [6.07, 6.45) is 2.07. The SMILES string of the molecule is Cc1nc(CC(=O)Nc2c(-c3ccccc3)cnn2C(C)(C)C)cs1. The third-order valence-electron chi connectivity index (χ3n) is 3.76. The van der Waals surface area contributed by atoms with Crippen LogP contribution in [0.5, 0.6) is 0 Å². The van der Waals surface area contributed by atoms with Gasteiger partial charge in [0.2, 0.25) is 5.91 Å². The van der Waals surface area contributed by atoms with Crippen LogP contribution < -0.4 is 5.32 Å². The number of nitrogens with one attached hydrogen (secondary N) is 1. The van der Waals surface area contributed by atoms with Crippen LogP contribution in [0.25, 0.3) is 11.1 Å². The number of nitrogens with zero attached hydrogens (tertiary/aromatic N) is 3. The molecule has 0 aliphatic heterocycles.